The third-order valence-electron chi connectivity index (χ3n) is 3.75. The van der Waals surface area contributed by atoms with Crippen molar-refractivity contribution >= 4 is 5.91 Å². The normalized spacial score (nSPS) is 10.8. The summed E-state index contributed by atoms with van der Waals surface area (Å²) in [6, 6.07) is 11.9. The highest BCUT2D eigenvalue weighted by Crippen LogP contribution is 2.14. The molecule has 3 heteroatoms. The Kier molecular flexibility index (Phi) is 4.28. The number of hydrogen-bond acceptors (Lipinski definition) is 1. The van der Waals surface area contributed by atoms with E-state index in [1.165, 1.54) is 11.3 Å². The predicted molar refractivity (Wildman–Crippen MR) is 81.9 cm³/mol. The summed E-state index contributed by atoms with van der Waals surface area (Å²) in [6.07, 6.45) is 0. The lowest BCUT2D eigenvalue weighted by atomic mass is 10.0. The third-order valence-corrected chi connectivity index (χ3v) is 3.75. The molecule has 0 saturated carbocycles. The molecule has 3 nitrogen and oxygen atoms in total. The van der Waals surface area contributed by atoms with Gasteiger partial charge in [-0.3, -0.25) is 4.79 Å². The second-order valence-corrected chi connectivity index (χ2v) is 5.48. The van der Waals surface area contributed by atoms with Gasteiger partial charge in [0.1, 0.15) is 0 Å². The number of hydrogen-bond donors (Lipinski definition) is 1. The molecule has 20 heavy (non-hydrogen) atoms. The molecule has 0 aliphatic heterocycles. The molecule has 0 bridgehead atoms. The van der Waals surface area contributed by atoms with E-state index in [0.29, 0.717) is 18.0 Å². The first-order valence-electron chi connectivity index (χ1n) is 6.98. The van der Waals surface area contributed by atoms with Crippen molar-refractivity contribution in [1.82, 2.24) is 9.88 Å². The van der Waals surface area contributed by atoms with Crippen LogP contribution in [0, 0.1) is 6.92 Å². The lowest BCUT2D eigenvalue weighted by Crippen LogP contribution is -2.24. The van der Waals surface area contributed by atoms with E-state index in [9.17, 15) is 4.79 Å². The molecule has 1 aromatic carbocycles. The van der Waals surface area contributed by atoms with E-state index < -0.39 is 0 Å². The van der Waals surface area contributed by atoms with Gasteiger partial charge in [-0.2, -0.15) is 0 Å². The van der Waals surface area contributed by atoms with Gasteiger partial charge in [0, 0.05) is 24.0 Å². The van der Waals surface area contributed by atoms with Gasteiger partial charge in [-0.15, -0.1) is 0 Å². The summed E-state index contributed by atoms with van der Waals surface area (Å²) in [7, 11) is 2.01. The van der Waals surface area contributed by atoms with Crippen LogP contribution < -0.4 is 5.32 Å². The van der Waals surface area contributed by atoms with Gasteiger partial charge in [-0.05, 0) is 42.7 Å². The molecule has 0 atom stereocenters. The van der Waals surface area contributed by atoms with E-state index in [0.717, 1.165) is 5.69 Å². The van der Waals surface area contributed by atoms with E-state index >= 15 is 0 Å². The Labute approximate surface area is 120 Å². The molecule has 1 heterocycles. The quantitative estimate of drug-likeness (QED) is 0.908. The monoisotopic (exact) mass is 270 g/mol. The van der Waals surface area contributed by atoms with Crippen molar-refractivity contribution in [3.8, 4) is 0 Å². The fourth-order valence-corrected chi connectivity index (χ4v) is 2.14. The SMILES string of the molecule is Cc1ccc(CNC(=O)c2ccc(C(C)C)cc2)n1C. The van der Waals surface area contributed by atoms with Crippen molar-refractivity contribution < 1.29 is 4.79 Å². The molecule has 0 fully saturated rings. The number of amides is 1. The van der Waals surface area contributed by atoms with Crippen molar-refractivity contribution in [3.05, 3.63) is 58.9 Å². The standard InChI is InChI=1S/C17H22N2O/c1-12(2)14-6-8-15(9-7-14)17(20)18-11-16-10-5-13(3)19(16)4/h5-10,12H,11H2,1-4H3,(H,18,20). The van der Waals surface area contributed by atoms with Crippen LogP contribution in [0.3, 0.4) is 0 Å². The molecule has 1 amide bonds. The van der Waals surface area contributed by atoms with Gasteiger partial charge in [-0.1, -0.05) is 26.0 Å². The van der Waals surface area contributed by atoms with Gasteiger partial charge >= 0.3 is 0 Å². The van der Waals surface area contributed by atoms with E-state index in [1.54, 1.807) is 0 Å². The topological polar surface area (TPSA) is 34.0 Å². The fraction of sp³-hybridized carbons (Fsp3) is 0.353. The number of carbonyl (C=O) groups excluding carboxylic acids is 1. The summed E-state index contributed by atoms with van der Waals surface area (Å²) in [5.41, 5.74) is 4.25. The second kappa shape index (κ2) is 5.95. The van der Waals surface area contributed by atoms with Gasteiger partial charge in [0.15, 0.2) is 0 Å². The first-order valence-corrected chi connectivity index (χ1v) is 6.98. The molecule has 0 aliphatic rings. The van der Waals surface area contributed by atoms with Crippen LogP contribution in [0.15, 0.2) is 36.4 Å². The second-order valence-electron chi connectivity index (χ2n) is 5.48. The fourth-order valence-electron chi connectivity index (χ4n) is 2.14. The minimum Gasteiger partial charge on any atom is -0.350 e. The lowest BCUT2D eigenvalue weighted by Gasteiger charge is -2.09. The van der Waals surface area contributed by atoms with Crippen LogP contribution in [0.2, 0.25) is 0 Å². The van der Waals surface area contributed by atoms with Gasteiger partial charge in [-0.25, -0.2) is 0 Å². The summed E-state index contributed by atoms with van der Waals surface area (Å²) < 4.78 is 2.09. The molecule has 0 aliphatic carbocycles. The highest BCUT2D eigenvalue weighted by Gasteiger charge is 2.08. The zero-order chi connectivity index (χ0) is 14.7. The number of benzene rings is 1. The number of nitrogens with one attached hydrogen (secondary N) is 1. The lowest BCUT2D eigenvalue weighted by molar-refractivity contribution is 0.0950. The Morgan fingerprint density at radius 3 is 2.30 bits per heavy atom. The Bertz CT molecular complexity index is 594. The molecular formula is C17H22N2O. The van der Waals surface area contributed by atoms with E-state index in [1.807, 2.05) is 37.4 Å². The van der Waals surface area contributed by atoms with Crippen LogP contribution in [0.25, 0.3) is 0 Å². The van der Waals surface area contributed by atoms with Crippen LogP contribution in [0.5, 0.6) is 0 Å². The van der Waals surface area contributed by atoms with Gasteiger partial charge in [0.2, 0.25) is 0 Å². The average Bonchev–Trinajstić information content (AvgIpc) is 2.76. The molecule has 0 unspecified atom stereocenters. The first kappa shape index (κ1) is 14.4. The number of nitrogens with zero attached hydrogens (tertiary/aromatic N) is 1. The Hall–Kier alpha value is -2.03. The van der Waals surface area contributed by atoms with E-state index in [2.05, 4.69) is 36.7 Å². The summed E-state index contributed by atoms with van der Waals surface area (Å²) in [5.74, 6) is 0.456. The molecule has 0 radical (unpaired) electrons. The summed E-state index contributed by atoms with van der Waals surface area (Å²) in [6.45, 7) is 6.89. The van der Waals surface area contributed by atoms with E-state index in [4.69, 9.17) is 0 Å². The van der Waals surface area contributed by atoms with Crippen LogP contribution in [-0.2, 0) is 13.6 Å². The van der Waals surface area contributed by atoms with Crippen molar-refractivity contribution in [3.63, 3.8) is 0 Å². The van der Waals surface area contributed by atoms with Gasteiger partial charge in [0.25, 0.3) is 5.91 Å². The molecule has 1 aromatic heterocycles. The number of aryl methyl sites for hydroxylation is 1. The molecule has 0 saturated heterocycles. The maximum Gasteiger partial charge on any atom is 0.251 e. The molecule has 2 rings (SSSR count). The maximum atomic E-state index is 12.1. The number of carbonyl (C=O) groups is 1. The Morgan fingerprint density at radius 1 is 1.15 bits per heavy atom. The van der Waals surface area contributed by atoms with Crippen LogP contribution in [-0.4, -0.2) is 10.5 Å². The zero-order valence-electron chi connectivity index (χ0n) is 12.6. The molecule has 2 aromatic rings. The number of aromatic nitrogens is 1. The maximum absolute atomic E-state index is 12.1. The first-order chi connectivity index (χ1) is 9.49. The highest BCUT2D eigenvalue weighted by atomic mass is 16.1. The highest BCUT2D eigenvalue weighted by molar-refractivity contribution is 5.94. The zero-order valence-corrected chi connectivity index (χ0v) is 12.6. The molecule has 0 spiro atoms. The third kappa shape index (κ3) is 3.10. The predicted octanol–water partition coefficient (Wildman–Crippen LogP) is 3.39. The molecular weight excluding hydrogens is 248 g/mol. The van der Waals surface area contributed by atoms with Crippen molar-refractivity contribution in [2.45, 2.75) is 33.2 Å². The summed E-state index contributed by atoms with van der Waals surface area (Å²) >= 11 is 0. The van der Waals surface area contributed by atoms with Gasteiger partial charge in [0.05, 0.1) is 6.54 Å². The van der Waals surface area contributed by atoms with Crippen molar-refractivity contribution in [1.29, 1.82) is 0 Å². The average molecular weight is 270 g/mol. The minimum absolute atomic E-state index is 0.0286. The van der Waals surface area contributed by atoms with Crippen LogP contribution >= 0.6 is 0 Å². The molecule has 1 N–H and O–H groups in total. The summed E-state index contributed by atoms with van der Waals surface area (Å²) in [5, 5.41) is 2.96. The van der Waals surface area contributed by atoms with Crippen molar-refractivity contribution in [2.24, 2.45) is 7.05 Å². The van der Waals surface area contributed by atoms with E-state index in [-0.39, 0.29) is 5.91 Å². The van der Waals surface area contributed by atoms with Crippen LogP contribution in [0.1, 0.15) is 47.1 Å². The minimum atomic E-state index is -0.0286. The van der Waals surface area contributed by atoms with Gasteiger partial charge < -0.3 is 9.88 Å². The number of rotatable bonds is 4. The smallest absolute Gasteiger partial charge is 0.251 e. The largest absolute Gasteiger partial charge is 0.350 e. The Balaban J connectivity index is 2.00. The Morgan fingerprint density at radius 2 is 1.80 bits per heavy atom. The van der Waals surface area contributed by atoms with Crippen LogP contribution in [0.4, 0.5) is 0 Å². The molecule has 106 valence electrons. The van der Waals surface area contributed by atoms with Crippen molar-refractivity contribution in [2.75, 3.05) is 0 Å². The summed E-state index contributed by atoms with van der Waals surface area (Å²) in [4.78, 5) is 12.1.